The standard InChI is InChI=1S/C26H32O5/c1-16-8-11-22-17(2)23(27-15-18-9-10-19-6-4-5-7-20(19)14-18)28-24-26(22)21(16)12-13-25(3,29-24)30-31-26/h4-7,9-10,14,16-17,21-24H,8,11-13,15H2,1-3H3/t16-,17-,21+,22+,23+,24-,25+,26-/m1/s1. The van der Waals surface area contributed by atoms with Crippen molar-refractivity contribution < 1.29 is 24.0 Å². The Bertz CT molecular complexity index is 977. The molecule has 5 nitrogen and oxygen atoms in total. The Morgan fingerprint density at radius 1 is 0.968 bits per heavy atom. The highest BCUT2D eigenvalue weighted by Gasteiger charge is 2.69. The van der Waals surface area contributed by atoms with Crippen molar-refractivity contribution in [2.45, 2.75) is 77.0 Å². The van der Waals surface area contributed by atoms with Crippen molar-refractivity contribution in [2.24, 2.45) is 23.7 Å². The first-order valence-electron chi connectivity index (χ1n) is 11.8. The van der Waals surface area contributed by atoms with E-state index in [4.69, 9.17) is 24.0 Å². The summed E-state index contributed by atoms with van der Waals surface area (Å²) in [5.74, 6) is 0.681. The number of fused-ring (bicyclic) bond motifs is 3. The third kappa shape index (κ3) is 3.09. The van der Waals surface area contributed by atoms with Crippen molar-refractivity contribution >= 4 is 10.8 Å². The molecule has 8 atom stereocenters. The molecule has 2 bridgehead atoms. The molecule has 0 unspecified atom stereocenters. The van der Waals surface area contributed by atoms with Crippen LogP contribution in [0.2, 0.25) is 0 Å². The molecule has 31 heavy (non-hydrogen) atoms. The number of hydrogen-bond donors (Lipinski definition) is 0. The summed E-state index contributed by atoms with van der Waals surface area (Å²) in [5, 5.41) is 2.47. The molecule has 0 radical (unpaired) electrons. The molecule has 0 amide bonds. The van der Waals surface area contributed by atoms with Crippen molar-refractivity contribution in [2.75, 3.05) is 0 Å². The Morgan fingerprint density at radius 2 is 1.81 bits per heavy atom. The summed E-state index contributed by atoms with van der Waals surface area (Å²) >= 11 is 0. The zero-order valence-corrected chi connectivity index (χ0v) is 18.6. The molecule has 166 valence electrons. The van der Waals surface area contributed by atoms with Crippen LogP contribution in [0, 0.1) is 23.7 Å². The van der Waals surface area contributed by atoms with Gasteiger partial charge in [-0.15, -0.1) is 0 Å². The van der Waals surface area contributed by atoms with Crippen molar-refractivity contribution in [1.29, 1.82) is 0 Å². The van der Waals surface area contributed by atoms with Gasteiger partial charge in [0.1, 0.15) is 0 Å². The molecule has 1 saturated carbocycles. The fourth-order valence-corrected chi connectivity index (χ4v) is 6.57. The van der Waals surface area contributed by atoms with Crippen LogP contribution in [0.4, 0.5) is 0 Å². The van der Waals surface area contributed by atoms with Gasteiger partial charge in [0.25, 0.3) is 0 Å². The van der Waals surface area contributed by atoms with E-state index in [1.54, 1.807) is 0 Å². The van der Waals surface area contributed by atoms with Crippen LogP contribution in [0.3, 0.4) is 0 Å². The molecule has 5 heteroatoms. The fraction of sp³-hybridized carbons (Fsp3) is 0.615. The van der Waals surface area contributed by atoms with Gasteiger partial charge in [-0.25, -0.2) is 9.78 Å². The maximum Gasteiger partial charge on any atom is 0.201 e. The second-order valence-corrected chi connectivity index (χ2v) is 10.3. The first-order chi connectivity index (χ1) is 15.0. The smallest absolute Gasteiger partial charge is 0.201 e. The molecule has 0 N–H and O–H groups in total. The fourth-order valence-electron chi connectivity index (χ4n) is 6.57. The molecule has 2 aromatic rings. The predicted molar refractivity (Wildman–Crippen MR) is 116 cm³/mol. The Balaban J connectivity index is 1.26. The minimum Gasteiger partial charge on any atom is -0.348 e. The molecule has 2 aromatic carbocycles. The predicted octanol–water partition coefficient (Wildman–Crippen LogP) is 5.56. The van der Waals surface area contributed by atoms with Gasteiger partial charge < -0.3 is 14.2 Å². The molecular formula is C26H32O5. The van der Waals surface area contributed by atoms with Crippen LogP contribution in [0.15, 0.2) is 42.5 Å². The Labute approximate surface area is 183 Å². The molecule has 1 aliphatic carbocycles. The van der Waals surface area contributed by atoms with Crippen molar-refractivity contribution in [3.63, 3.8) is 0 Å². The number of benzene rings is 2. The van der Waals surface area contributed by atoms with Crippen LogP contribution < -0.4 is 0 Å². The minimum absolute atomic E-state index is 0.196. The molecule has 5 aliphatic rings. The summed E-state index contributed by atoms with van der Waals surface area (Å²) in [7, 11) is 0. The van der Waals surface area contributed by atoms with Gasteiger partial charge in [0.05, 0.1) is 6.61 Å². The first kappa shape index (κ1) is 20.1. The van der Waals surface area contributed by atoms with E-state index in [-0.39, 0.29) is 18.1 Å². The van der Waals surface area contributed by atoms with E-state index in [0.717, 1.165) is 24.8 Å². The molecule has 1 spiro atoms. The molecule has 4 heterocycles. The summed E-state index contributed by atoms with van der Waals surface area (Å²) in [6.07, 6.45) is 3.37. The van der Waals surface area contributed by atoms with Crippen LogP contribution in [0.1, 0.15) is 52.0 Å². The summed E-state index contributed by atoms with van der Waals surface area (Å²) in [4.78, 5) is 12.1. The maximum absolute atomic E-state index is 6.52. The highest BCUT2D eigenvalue weighted by Crippen LogP contribution is 2.60. The minimum atomic E-state index is -0.749. The lowest BCUT2D eigenvalue weighted by molar-refractivity contribution is -0.577. The first-order valence-corrected chi connectivity index (χ1v) is 11.8. The Hall–Kier alpha value is -1.50. The van der Waals surface area contributed by atoms with Gasteiger partial charge in [-0.1, -0.05) is 50.2 Å². The van der Waals surface area contributed by atoms with E-state index in [9.17, 15) is 0 Å². The van der Waals surface area contributed by atoms with Crippen LogP contribution in [0.25, 0.3) is 10.8 Å². The molecule has 4 aliphatic heterocycles. The summed E-state index contributed by atoms with van der Waals surface area (Å²) in [6, 6.07) is 14.9. The van der Waals surface area contributed by atoms with Crippen molar-refractivity contribution in [3.05, 3.63) is 48.0 Å². The van der Waals surface area contributed by atoms with Gasteiger partial charge in [0.15, 0.2) is 18.2 Å². The lowest BCUT2D eigenvalue weighted by atomic mass is 9.58. The van der Waals surface area contributed by atoms with Gasteiger partial charge in [-0.05, 0) is 60.4 Å². The van der Waals surface area contributed by atoms with Gasteiger partial charge in [-0.2, -0.15) is 0 Å². The number of rotatable bonds is 3. The lowest BCUT2D eigenvalue weighted by Crippen LogP contribution is -2.70. The van der Waals surface area contributed by atoms with Crippen molar-refractivity contribution in [1.82, 2.24) is 0 Å². The molecule has 0 aromatic heterocycles. The monoisotopic (exact) mass is 424 g/mol. The maximum atomic E-state index is 6.52. The topological polar surface area (TPSA) is 46.2 Å². The van der Waals surface area contributed by atoms with Gasteiger partial charge in [0.2, 0.25) is 5.79 Å². The highest BCUT2D eigenvalue weighted by atomic mass is 17.3. The molecule has 5 fully saturated rings. The average Bonchev–Trinajstić information content (AvgIpc) is 3.01. The normalized spacial score (nSPS) is 44.1. The number of ether oxygens (including phenoxy) is 3. The Kier molecular flexibility index (Phi) is 4.71. The van der Waals surface area contributed by atoms with E-state index in [1.807, 2.05) is 6.92 Å². The SMILES string of the molecule is C[C@H]1[C@@H](OCc2ccc3ccccc3c2)O[C@@H]2O[C@]3(C)CC[C@H]4[C@H](C)CC[C@@H]1[C@@]24OO3. The van der Waals surface area contributed by atoms with Crippen LogP contribution in [0.5, 0.6) is 0 Å². The van der Waals surface area contributed by atoms with Crippen molar-refractivity contribution in [3.8, 4) is 0 Å². The zero-order chi connectivity index (χ0) is 21.2. The highest BCUT2D eigenvalue weighted by molar-refractivity contribution is 5.82. The van der Waals surface area contributed by atoms with Gasteiger partial charge >= 0.3 is 0 Å². The second-order valence-electron chi connectivity index (χ2n) is 10.3. The Morgan fingerprint density at radius 3 is 2.68 bits per heavy atom. The van der Waals surface area contributed by atoms with E-state index in [1.165, 1.54) is 17.2 Å². The van der Waals surface area contributed by atoms with E-state index in [2.05, 4.69) is 56.3 Å². The zero-order valence-electron chi connectivity index (χ0n) is 18.6. The average molecular weight is 425 g/mol. The third-order valence-corrected chi connectivity index (χ3v) is 8.33. The summed E-state index contributed by atoms with van der Waals surface area (Å²) in [5.41, 5.74) is 0.621. The van der Waals surface area contributed by atoms with Crippen LogP contribution in [-0.4, -0.2) is 24.0 Å². The summed E-state index contributed by atoms with van der Waals surface area (Å²) in [6.45, 7) is 7.05. The largest absolute Gasteiger partial charge is 0.348 e. The molecule has 4 saturated heterocycles. The van der Waals surface area contributed by atoms with E-state index < -0.39 is 17.7 Å². The van der Waals surface area contributed by atoms with Gasteiger partial charge in [0, 0.05) is 18.3 Å². The van der Waals surface area contributed by atoms with E-state index >= 15 is 0 Å². The van der Waals surface area contributed by atoms with Crippen LogP contribution >= 0.6 is 0 Å². The summed E-state index contributed by atoms with van der Waals surface area (Å²) < 4.78 is 19.3. The molecule has 7 rings (SSSR count). The van der Waals surface area contributed by atoms with Gasteiger partial charge in [-0.3, -0.25) is 0 Å². The number of hydrogen-bond acceptors (Lipinski definition) is 5. The van der Waals surface area contributed by atoms with Crippen LogP contribution in [-0.2, 0) is 30.6 Å². The quantitative estimate of drug-likeness (QED) is 0.603. The van der Waals surface area contributed by atoms with E-state index in [0.29, 0.717) is 18.4 Å². The lowest BCUT2D eigenvalue weighted by Gasteiger charge is -2.60. The molecular weight excluding hydrogens is 392 g/mol. The second kappa shape index (κ2) is 7.26. The third-order valence-electron chi connectivity index (χ3n) is 8.33.